The van der Waals surface area contributed by atoms with E-state index in [9.17, 15) is 43.2 Å². The molecule has 2 aliphatic rings. The van der Waals surface area contributed by atoms with E-state index in [1.165, 1.54) is 12.1 Å². The number of para-hydroxylation sites is 2. The van der Waals surface area contributed by atoms with Crippen molar-refractivity contribution < 1.29 is 62.1 Å². The summed E-state index contributed by atoms with van der Waals surface area (Å²) in [5.41, 5.74) is 8.70. The topological polar surface area (TPSA) is 193 Å². The number of amides is 1. The monoisotopic (exact) mass is 671 g/mol. The Morgan fingerprint density at radius 3 is 2.45 bits per heavy atom. The van der Waals surface area contributed by atoms with Gasteiger partial charge in [0.15, 0.2) is 30.5 Å². The first kappa shape index (κ1) is 36.2. The smallest absolute Gasteiger partial charge is 0.422 e. The van der Waals surface area contributed by atoms with Crippen molar-refractivity contribution in [3.05, 3.63) is 53.1 Å². The van der Waals surface area contributed by atoms with Crippen LogP contribution in [-0.4, -0.2) is 115 Å². The Kier molecular flexibility index (Phi) is 12.3. The standard InChI is InChI=1S/C31H40F3N3O10/c1-17(36-8-12-44-21-5-2-3-6-22(21)46-16-31(32,33)34)13-18-14-19-7-10-37(23(19)20(15-18)28(35)41)9-4-11-45-30-26(40)24(38)25(39)27(47-30)29(42)43/h2-3,5-6,14-15,17,24-27,30,36,38-40H,4,7-13,16H2,1H3,(H2,35,41)(H,42,43). The Morgan fingerprint density at radius 1 is 1.09 bits per heavy atom. The molecule has 260 valence electrons. The molecule has 2 heterocycles. The molecular formula is C31H40F3N3O10. The number of ether oxygens (including phenoxy) is 4. The van der Waals surface area contributed by atoms with Crippen molar-refractivity contribution in [2.24, 2.45) is 5.73 Å². The summed E-state index contributed by atoms with van der Waals surface area (Å²) < 4.78 is 58.7. The molecule has 6 atom stereocenters. The van der Waals surface area contributed by atoms with Crippen molar-refractivity contribution in [3.8, 4) is 11.5 Å². The molecule has 47 heavy (non-hydrogen) atoms. The van der Waals surface area contributed by atoms with Gasteiger partial charge in [-0.3, -0.25) is 4.79 Å². The number of halogens is 3. The van der Waals surface area contributed by atoms with Crippen molar-refractivity contribution in [1.29, 1.82) is 0 Å². The molecule has 1 amide bonds. The van der Waals surface area contributed by atoms with Crippen LogP contribution in [0.15, 0.2) is 36.4 Å². The number of carboxylic acid groups (broad SMARTS) is 1. The van der Waals surface area contributed by atoms with Gasteiger partial charge in [0.2, 0.25) is 0 Å². The van der Waals surface area contributed by atoms with Gasteiger partial charge >= 0.3 is 12.1 Å². The fourth-order valence-electron chi connectivity index (χ4n) is 5.61. The molecule has 1 saturated heterocycles. The maximum Gasteiger partial charge on any atom is 0.422 e. The number of nitrogens with two attached hydrogens (primary N) is 1. The first-order valence-corrected chi connectivity index (χ1v) is 15.1. The number of aliphatic carboxylic acids is 1. The third-order valence-electron chi connectivity index (χ3n) is 7.78. The number of carbonyl (C=O) groups excluding carboxylic acids is 1. The fourth-order valence-corrected chi connectivity index (χ4v) is 5.61. The number of hydrogen-bond acceptors (Lipinski definition) is 11. The Bertz CT molecular complexity index is 1380. The molecule has 0 spiro atoms. The summed E-state index contributed by atoms with van der Waals surface area (Å²) >= 11 is 0. The molecule has 0 aromatic heterocycles. The number of nitrogens with one attached hydrogen (secondary N) is 1. The zero-order valence-corrected chi connectivity index (χ0v) is 25.7. The molecule has 0 aliphatic carbocycles. The summed E-state index contributed by atoms with van der Waals surface area (Å²) in [5, 5.41) is 42.4. The third kappa shape index (κ3) is 9.68. The Labute approximate surface area is 269 Å². The molecule has 2 aliphatic heterocycles. The highest BCUT2D eigenvalue weighted by Gasteiger charge is 2.47. The lowest BCUT2D eigenvalue weighted by Gasteiger charge is -2.38. The number of hydrogen-bond donors (Lipinski definition) is 6. The first-order chi connectivity index (χ1) is 22.2. The van der Waals surface area contributed by atoms with Gasteiger partial charge in [-0.2, -0.15) is 13.2 Å². The van der Waals surface area contributed by atoms with Crippen molar-refractivity contribution in [2.45, 2.75) is 69.1 Å². The molecule has 2 aromatic rings. The van der Waals surface area contributed by atoms with Gasteiger partial charge in [-0.25, -0.2) is 4.79 Å². The quantitative estimate of drug-likeness (QED) is 0.139. The molecule has 13 nitrogen and oxygen atoms in total. The van der Waals surface area contributed by atoms with Crippen LogP contribution in [0.1, 0.15) is 34.8 Å². The van der Waals surface area contributed by atoms with E-state index in [0.29, 0.717) is 44.5 Å². The number of carbonyl (C=O) groups is 2. The normalized spacial score (nSPS) is 23.3. The van der Waals surface area contributed by atoms with Gasteiger partial charge in [0, 0.05) is 25.7 Å². The molecule has 1 fully saturated rings. The second-order valence-electron chi connectivity index (χ2n) is 11.5. The third-order valence-corrected chi connectivity index (χ3v) is 7.78. The van der Waals surface area contributed by atoms with Gasteiger partial charge in [0.05, 0.1) is 17.9 Å². The predicted octanol–water partition coefficient (Wildman–Crippen LogP) is 0.988. The summed E-state index contributed by atoms with van der Waals surface area (Å²) in [6, 6.07) is 9.87. The minimum absolute atomic E-state index is 0.00283. The van der Waals surface area contributed by atoms with Crippen molar-refractivity contribution >= 4 is 17.6 Å². The second-order valence-corrected chi connectivity index (χ2v) is 11.5. The zero-order chi connectivity index (χ0) is 34.3. The molecule has 0 radical (unpaired) electrons. The lowest BCUT2D eigenvalue weighted by atomic mass is 9.98. The van der Waals surface area contributed by atoms with Crippen LogP contribution in [0.4, 0.5) is 18.9 Å². The van der Waals surface area contributed by atoms with E-state index in [4.69, 9.17) is 24.7 Å². The SMILES string of the molecule is CC(Cc1cc2c(c(C(N)=O)c1)N(CCCOC1OC(C(=O)O)C(O)C(O)C1O)CC2)NCCOc1ccccc1OCC(F)(F)F. The zero-order valence-electron chi connectivity index (χ0n) is 25.7. The number of aliphatic hydroxyl groups excluding tert-OH is 3. The van der Waals surface area contributed by atoms with Gasteiger partial charge in [-0.15, -0.1) is 0 Å². The highest BCUT2D eigenvalue weighted by atomic mass is 19.4. The highest BCUT2D eigenvalue weighted by molar-refractivity contribution is 6.00. The fraction of sp³-hybridized carbons (Fsp3) is 0.548. The van der Waals surface area contributed by atoms with Crippen LogP contribution < -0.4 is 25.4 Å². The number of benzene rings is 2. The van der Waals surface area contributed by atoms with Crippen LogP contribution in [0, 0.1) is 0 Å². The van der Waals surface area contributed by atoms with Gasteiger partial charge in [0.1, 0.15) is 24.9 Å². The molecule has 6 unspecified atom stereocenters. The average molecular weight is 672 g/mol. The second kappa shape index (κ2) is 16.0. The van der Waals surface area contributed by atoms with Crippen molar-refractivity contribution in [2.75, 3.05) is 44.4 Å². The van der Waals surface area contributed by atoms with Gasteiger partial charge in [-0.1, -0.05) is 18.2 Å². The highest BCUT2D eigenvalue weighted by Crippen LogP contribution is 2.34. The van der Waals surface area contributed by atoms with E-state index in [2.05, 4.69) is 5.32 Å². The summed E-state index contributed by atoms with van der Waals surface area (Å²) in [4.78, 5) is 25.8. The average Bonchev–Trinajstić information content (AvgIpc) is 3.42. The number of anilines is 1. The number of carboxylic acids is 1. The largest absolute Gasteiger partial charge is 0.488 e. The van der Waals surface area contributed by atoms with Gasteiger partial charge < -0.3 is 55.3 Å². The Hall–Kier alpha value is -3.67. The first-order valence-electron chi connectivity index (χ1n) is 15.1. The minimum atomic E-state index is -4.46. The van der Waals surface area contributed by atoms with E-state index in [-0.39, 0.29) is 30.8 Å². The molecule has 2 aromatic carbocycles. The molecular weight excluding hydrogens is 631 g/mol. The lowest BCUT2D eigenvalue weighted by Crippen LogP contribution is -2.60. The lowest BCUT2D eigenvalue weighted by molar-refractivity contribution is -0.294. The van der Waals surface area contributed by atoms with E-state index in [1.54, 1.807) is 18.2 Å². The number of fused-ring (bicyclic) bond motifs is 1. The minimum Gasteiger partial charge on any atom is -0.488 e. The number of nitrogens with zero attached hydrogens (tertiary/aromatic N) is 1. The summed E-state index contributed by atoms with van der Waals surface area (Å²) in [6.07, 6.45) is -11.2. The van der Waals surface area contributed by atoms with Crippen LogP contribution in [0.25, 0.3) is 0 Å². The summed E-state index contributed by atoms with van der Waals surface area (Å²) in [7, 11) is 0. The summed E-state index contributed by atoms with van der Waals surface area (Å²) in [5.74, 6) is -1.88. The maximum absolute atomic E-state index is 12.5. The molecule has 7 N–H and O–H groups in total. The molecule has 0 bridgehead atoms. The Balaban J connectivity index is 1.27. The maximum atomic E-state index is 12.5. The van der Waals surface area contributed by atoms with Gasteiger partial charge in [0.25, 0.3) is 5.91 Å². The van der Waals surface area contributed by atoms with Crippen LogP contribution in [0.2, 0.25) is 0 Å². The number of primary amides is 1. The van der Waals surface area contributed by atoms with Crippen molar-refractivity contribution in [1.82, 2.24) is 5.32 Å². The van der Waals surface area contributed by atoms with Crippen LogP contribution in [0.3, 0.4) is 0 Å². The number of alkyl halides is 3. The number of aliphatic hydroxyl groups is 3. The summed E-state index contributed by atoms with van der Waals surface area (Å²) in [6.45, 7) is 2.22. The predicted molar refractivity (Wildman–Crippen MR) is 160 cm³/mol. The number of rotatable bonds is 16. The van der Waals surface area contributed by atoms with Gasteiger partial charge in [-0.05, 0) is 55.5 Å². The van der Waals surface area contributed by atoms with E-state index >= 15 is 0 Å². The Morgan fingerprint density at radius 2 is 1.79 bits per heavy atom. The van der Waals surface area contributed by atoms with Crippen LogP contribution >= 0.6 is 0 Å². The van der Waals surface area contributed by atoms with Crippen LogP contribution in [0.5, 0.6) is 11.5 Å². The van der Waals surface area contributed by atoms with E-state index in [1.807, 2.05) is 17.9 Å². The van der Waals surface area contributed by atoms with E-state index in [0.717, 1.165) is 16.8 Å². The molecule has 0 saturated carbocycles. The van der Waals surface area contributed by atoms with Crippen LogP contribution in [-0.2, 0) is 27.1 Å². The molecule has 16 heteroatoms. The van der Waals surface area contributed by atoms with Crippen molar-refractivity contribution in [3.63, 3.8) is 0 Å². The van der Waals surface area contributed by atoms with E-state index < -0.39 is 55.4 Å². The molecule has 4 rings (SSSR count).